The van der Waals surface area contributed by atoms with E-state index in [4.69, 9.17) is 4.74 Å². The van der Waals surface area contributed by atoms with E-state index >= 15 is 0 Å². The lowest BCUT2D eigenvalue weighted by atomic mass is 9.94. The highest BCUT2D eigenvalue weighted by Crippen LogP contribution is 2.30. The number of phenols is 2. The molecule has 7 nitrogen and oxygen atoms in total. The van der Waals surface area contributed by atoms with Crippen molar-refractivity contribution in [3.8, 4) is 11.5 Å². The van der Waals surface area contributed by atoms with E-state index in [1.54, 1.807) is 6.92 Å². The van der Waals surface area contributed by atoms with Gasteiger partial charge in [-0.1, -0.05) is 0 Å². The number of carbonyl (C=O) groups excluding carboxylic acids is 3. The summed E-state index contributed by atoms with van der Waals surface area (Å²) in [6, 6.07) is 2.14. The summed E-state index contributed by atoms with van der Waals surface area (Å²) in [6.45, 7) is 1.62. The Bertz CT molecular complexity index is 650. The second kappa shape index (κ2) is 6.78. The summed E-state index contributed by atoms with van der Waals surface area (Å²) in [5, 5.41) is 29.3. The molecule has 0 aliphatic carbocycles. The lowest BCUT2D eigenvalue weighted by Gasteiger charge is -2.18. The Hall–Kier alpha value is -2.41. The number of aromatic hydroxyl groups is 2. The smallest absolute Gasteiger partial charge is 0.310 e. The standard InChI is InChI=1S/C16H18O7/c1-8-2-3-11(18)12(19)7-14(21)16-9(5-15(22)23-8)4-10(17)6-13(16)20/h4,6,8,12,17,19-20H,2-3,5,7H2,1H3/t8-,12+/m1/s1. The number of hydrogen-bond acceptors (Lipinski definition) is 7. The van der Waals surface area contributed by atoms with Gasteiger partial charge in [0.05, 0.1) is 18.1 Å². The Morgan fingerprint density at radius 2 is 1.87 bits per heavy atom. The van der Waals surface area contributed by atoms with Gasteiger partial charge in [0.2, 0.25) is 0 Å². The molecule has 0 saturated carbocycles. The number of Topliss-reactive ketones (excluding diaryl/α,β-unsaturated/α-hetero) is 2. The van der Waals surface area contributed by atoms with Crippen LogP contribution in [0.2, 0.25) is 0 Å². The first-order valence-corrected chi connectivity index (χ1v) is 7.26. The summed E-state index contributed by atoms with van der Waals surface area (Å²) in [7, 11) is 0. The average Bonchev–Trinajstić information content (AvgIpc) is 2.42. The van der Waals surface area contributed by atoms with Crippen molar-refractivity contribution in [1.29, 1.82) is 0 Å². The van der Waals surface area contributed by atoms with Crippen molar-refractivity contribution in [2.75, 3.05) is 0 Å². The molecule has 0 bridgehead atoms. The molecule has 0 radical (unpaired) electrons. The van der Waals surface area contributed by atoms with Gasteiger partial charge in [-0.2, -0.15) is 0 Å². The molecule has 23 heavy (non-hydrogen) atoms. The Balaban J connectivity index is 2.45. The van der Waals surface area contributed by atoms with Crippen LogP contribution in [0.5, 0.6) is 11.5 Å². The largest absolute Gasteiger partial charge is 0.508 e. The minimum Gasteiger partial charge on any atom is -0.508 e. The Morgan fingerprint density at radius 3 is 2.57 bits per heavy atom. The third kappa shape index (κ3) is 4.07. The molecule has 0 amide bonds. The number of fused-ring (bicyclic) bond motifs is 1. The Labute approximate surface area is 132 Å². The number of cyclic esters (lactones) is 1. The van der Waals surface area contributed by atoms with Crippen LogP contribution >= 0.6 is 0 Å². The van der Waals surface area contributed by atoms with E-state index in [0.29, 0.717) is 0 Å². The number of ketones is 2. The first-order valence-electron chi connectivity index (χ1n) is 7.26. The van der Waals surface area contributed by atoms with Gasteiger partial charge in [-0.05, 0) is 25.0 Å². The molecule has 124 valence electrons. The van der Waals surface area contributed by atoms with Gasteiger partial charge in [0.25, 0.3) is 0 Å². The minimum absolute atomic E-state index is 0.0166. The average molecular weight is 322 g/mol. The van der Waals surface area contributed by atoms with Gasteiger partial charge in [0.15, 0.2) is 11.6 Å². The highest BCUT2D eigenvalue weighted by Gasteiger charge is 2.27. The van der Waals surface area contributed by atoms with Gasteiger partial charge in [-0.15, -0.1) is 0 Å². The van der Waals surface area contributed by atoms with Crippen LogP contribution < -0.4 is 0 Å². The van der Waals surface area contributed by atoms with Crippen LogP contribution in [0.3, 0.4) is 0 Å². The van der Waals surface area contributed by atoms with Gasteiger partial charge >= 0.3 is 5.97 Å². The van der Waals surface area contributed by atoms with E-state index in [0.717, 1.165) is 6.07 Å². The molecule has 1 aliphatic heterocycles. The molecule has 2 atom stereocenters. The maximum Gasteiger partial charge on any atom is 0.310 e. The van der Waals surface area contributed by atoms with Crippen LogP contribution in [0.15, 0.2) is 12.1 Å². The molecule has 0 unspecified atom stereocenters. The first kappa shape index (κ1) is 17.0. The van der Waals surface area contributed by atoms with Crippen molar-refractivity contribution in [1.82, 2.24) is 0 Å². The zero-order chi connectivity index (χ0) is 17.1. The Morgan fingerprint density at radius 1 is 1.17 bits per heavy atom. The zero-order valence-electron chi connectivity index (χ0n) is 12.6. The predicted octanol–water partition coefficient (Wildman–Crippen LogP) is 0.869. The fourth-order valence-corrected chi connectivity index (χ4v) is 2.51. The highest BCUT2D eigenvalue weighted by molar-refractivity contribution is 6.03. The van der Waals surface area contributed by atoms with Crippen LogP contribution in [-0.2, 0) is 20.7 Å². The monoisotopic (exact) mass is 322 g/mol. The predicted molar refractivity (Wildman–Crippen MR) is 78.2 cm³/mol. The van der Waals surface area contributed by atoms with E-state index in [9.17, 15) is 29.7 Å². The van der Waals surface area contributed by atoms with Gasteiger partial charge in [-0.3, -0.25) is 14.4 Å². The molecule has 0 aromatic heterocycles. The van der Waals surface area contributed by atoms with Crippen molar-refractivity contribution < 1.29 is 34.4 Å². The molecule has 3 N–H and O–H groups in total. The molecular weight excluding hydrogens is 304 g/mol. The number of rotatable bonds is 0. The minimum atomic E-state index is -1.48. The van der Waals surface area contributed by atoms with E-state index in [2.05, 4.69) is 0 Å². The summed E-state index contributed by atoms with van der Waals surface area (Å²) >= 11 is 0. The van der Waals surface area contributed by atoms with E-state index in [1.165, 1.54) is 6.07 Å². The summed E-state index contributed by atoms with van der Waals surface area (Å²) in [5.74, 6) is -2.66. The summed E-state index contributed by atoms with van der Waals surface area (Å²) in [5.41, 5.74) is -0.107. The van der Waals surface area contributed by atoms with Gasteiger partial charge in [0.1, 0.15) is 17.6 Å². The number of ether oxygens (including phenoxy) is 1. The molecule has 2 rings (SSSR count). The Kier molecular flexibility index (Phi) is 5.00. The number of carbonyl (C=O) groups is 3. The number of aliphatic hydroxyl groups is 1. The number of esters is 1. The molecule has 0 spiro atoms. The van der Waals surface area contributed by atoms with Gasteiger partial charge in [-0.25, -0.2) is 0 Å². The second-order valence-electron chi connectivity index (χ2n) is 5.62. The number of benzene rings is 1. The number of aliphatic hydroxyl groups excluding tert-OH is 1. The topological polar surface area (TPSA) is 121 Å². The maximum atomic E-state index is 12.3. The van der Waals surface area contributed by atoms with Crippen LogP contribution in [0, 0.1) is 0 Å². The fraction of sp³-hybridized carbons (Fsp3) is 0.438. The quantitative estimate of drug-likeness (QED) is 0.606. The van der Waals surface area contributed by atoms with Crippen LogP contribution in [0.4, 0.5) is 0 Å². The number of phenolic OH excluding ortho intramolecular Hbond substituents is 2. The maximum absolute atomic E-state index is 12.3. The first-order chi connectivity index (χ1) is 10.8. The van der Waals surface area contributed by atoms with Crippen molar-refractivity contribution in [3.05, 3.63) is 23.3 Å². The molecule has 0 fully saturated rings. The normalized spacial score (nSPS) is 23.5. The molecular formula is C16H18O7. The van der Waals surface area contributed by atoms with Crippen LogP contribution in [-0.4, -0.2) is 45.1 Å². The van der Waals surface area contributed by atoms with Crippen molar-refractivity contribution in [3.63, 3.8) is 0 Å². The molecule has 1 aromatic carbocycles. The molecule has 0 saturated heterocycles. The lowest BCUT2D eigenvalue weighted by molar-refractivity contribution is -0.148. The lowest BCUT2D eigenvalue weighted by Crippen LogP contribution is -2.27. The van der Waals surface area contributed by atoms with Crippen LogP contribution in [0.1, 0.15) is 42.1 Å². The summed E-state index contributed by atoms with van der Waals surface area (Å²) in [4.78, 5) is 36.0. The number of hydrogen-bond donors (Lipinski definition) is 3. The highest BCUT2D eigenvalue weighted by atomic mass is 16.5. The third-order valence-electron chi connectivity index (χ3n) is 3.68. The van der Waals surface area contributed by atoms with E-state index in [1.807, 2.05) is 0 Å². The molecule has 1 aromatic rings. The van der Waals surface area contributed by atoms with Gasteiger partial charge in [0, 0.05) is 18.9 Å². The van der Waals surface area contributed by atoms with E-state index in [-0.39, 0.29) is 36.1 Å². The summed E-state index contributed by atoms with van der Waals surface area (Å²) < 4.78 is 5.13. The van der Waals surface area contributed by atoms with Crippen molar-refractivity contribution in [2.24, 2.45) is 0 Å². The van der Waals surface area contributed by atoms with E-state index < -0.39 is 41.9 Å². The second-order valence-corrected chi connectivity index (χ2v) is 5.62. The fourth-order valence-electron chi connectivity index (χ4n) is 2.51. The molecule has 1 aliphatic rings. The third-order valence-corrected chi connectivity index (χ3v) is 3.68. The van der Waals surface area contributed by atoms with Gasteiger partial charge < -0.3 is 20.1 Å². The molecule has 1 heterocycles. The van der Waals surface area contributed by atoms with Crippen LogP contribution in [0.25, 0.3) is 0 Å². The molecule has 7 heteroatoms. The SMILES string of the molecule is C[C@@H]1CCC(=O)[C@@H](O)CC(=O)c2c(O)cc(O)cc2CC(=O)O1. The van der Waals surface area contributed by atoms with Crippen molar-refractivity contribution in [2.45, 2.75) is 44.8 Å². The summed E-state index contributed by atoms with van der Waals surface area (Å²) in [6.07, 6.45) is -2.58. The zero-order valence-corrected chi connectivity index (χ0v) is 12.6. The van der Waals surface area contributed by atoms with Crippen molar-refractivity contribution >= 4 is 17.5 Å².